The van der Waals surface area contributed by atoms with E-state index in [0.717, 1.165) is 12.4 Å². The molecule has 6 nitrogen and oxygen atoms in total. The Labute approximate surface area is 115 Å². The molecule has 0 fully saturated rings. The minimum absolute atomic E-state index is 0.00965. The quantitative estimate of drug-likeness (QED) is 0.477. The lowest BCUT2D eigenvalue weighted by atomic mass is 10.2. The molecule has 0 amide bonds. The second-order valence-corrected chi connectivity index (χ2v) is 5.86. The van der Waals surface area contributed by atoms with Crippen molar-refractivity contribution in [1.29, 1.82) is 0 Å². The predicted molar refractivity (Wildman–Crippen MR) is 68.6 cm³/mol. The summed E-state index contributed by atoms with van der Waals surface area (Å²) in [6.07, 6.45) is 2.21. The van der Waals surface area contributed by atoms with Crippen molar-refractivity contribution in [3.63, 3.8) is 0 Å². The SMILES string of the molecule is COC(=O)c1ccc(S(=O)(=O)c2cc[n+]([O-])cc2)cc1. The molecule has 1 heterocycles. The number of benzene rings is 1. The first-order valence-electron chi connectivity index (χ1n) is 5.57. The smallest absolute Gasteiger partial charge is 0.337 e. The molecule has 0 bridgehead atoms. The van der Waals surface area contributed by atoms with Crippen molar-refractivity contribution in [1.82, 2.24) is 0 Å². The van der Waals surface area contributed by atoms with E-state index in [-0.39, 0.29) is 15.4 Å². The van der Waals surface area contributed by atoms with Crippen molar-refractivity contribution in [2.24, 2.45) is 0 Å². The van der Waals surface area contributed by atoms with Crippen molar-refractivity contribution in [3.05, 3.63) is 59.6 Å². The molecule has 0 radical (unpaired) electrons. The first-order valence-corrected chi connectivity index (χ1v) is 7.06. The number of aromatic nitrogens is 1. The van der Waals surface area contributed by atoms with Crippen LogP contribution in [0.25, 0.3) is 0 Å². The van der Waals surface area contributed by atoms with Gasteiger partial charge in [0.2, 0.25) is 9.84 Å². The maximum atomic E-state index is 12.3. The van der Waals surface area contributed by atoms with Crippen LogP contribution in [0.4, 0.5) is 0 Å². The lowest BCUT2D eigenvalue weighted by Gasteiger charge is -2.05. The van der Waals surface area contributed by atoms with E-state index in [1.54, 1.807) is 0 Å². The highest BCUT2D eigenvalue weighted by Gasteiger charge is 2.19. The van der Waals surface area contributed by atoms with Crippen LogP contribution in [-0.2, 0) is 14.6 Å². The molecule has 2 rings (SSSR count). The van der Waals surface area contributed by atoms with Crippen LogP contribution in [0.1, 0.15) is 10.4 Å². The van der Waals surface area contributed by atoms with Gasteiger partial charge >= 0.3 is 5.97 Å². The zero-order valence-electron chi connectivity index (χ0n) is 10.5. The van der Waals surface area contributed by atoms with Crippen molar-refractivity contribution in [2.75, 3.05) is 7.11 Å². The average molecular weight is 293 g/mol. The summed E-state index contributed by atoms with van der Waals surface area (Å²) in [6.45, 7) is 0. The van der Waals surface area contributed by atoms with Gasteiger partial charge in [-0.2, -0.15) is 4.73 Å². The summed E-state index contributed by atoms with van der Waals surface area (Å²) in [6, 6.07) is 7.82. The summed E-state index contributed by atoms with van der Waals surface area (Å²) >= 11 is 0. The first-order chi connectivity index (χ1) is 9.45. The highest BCUT2D eigenvalue weighted by molar-refractivity contribution is 7.91. The topological polar surface area (TPSA) is 87.4 Å². The third-order valence-electron chi connectivity index (χ3n) is 2.67. The number of hydrogen-bond donors (Lipinski definition) is 0. The van der Waals surface area contributed by atoms with Gasteiger partial charge in [-0.3, -0.25) is 0 Å². The minimum Gasteiger partial charge on any atom is -0.619 e. The van der Waals surface area contributed by atoms with Crippen LogP contribution >= 0.6 is 0 Å². The molecule has 0 unspecified atom stereocenters. The van der Waals surface area contributed by atoms with Crippen LogP contribution in [0.5, 0.6) is 0 Å². The summed E-state index contributed by atoms with van der Waals surface area (Å²) in [7, 11) is -2.46. The largest absolute Gasteiger partial charge is 0.619 e. The number of carbonyl (C=O) groups excluding carboxylic acids is 1. The molecule has 104 valence electrons. The predicted octanol–water partition coefficient (Wildman–Crippen LogP) is 0.939. The van der Waals surface area contributed by atoms with Crippen LogP contribution in [0.3, 0.4) is 0 Å². The van der Waals surface area contributed by atoms with E-state index in [1.165, 1.54) is 43.5 Å². The fraction of sp³-hybridized carbons (Fsp3) is 0.0769. The number of carbonyl (C=O) groups is 1. The fourth-order valence-electron chi connectivity index (χ4n) is 1.60. The number of rotatable bonds is 3. The molecular weight excluding hydrogens is 282 g/mol. The van der Waals surface area contributed by atoms with E-state index in [4.69, 9.17) is 0 Å². The van der Waals surface area contributed by atoms with Gasteiger partial charge in [0, 0.05) is 12.1 Å². The molecule has 0 spiro atoms. The average Bonchev–Trinajstić information content (AvgIpc) is 2.47. The van der Waals surface area contributed by atoms with E-state index >= 15 is 0 Å². The van der Waals surface area contributed by atoms with Gasteiger partial charge in [-0.05, 0) is 24.3 Å². The number of nitrogens with zero attached hydrogens (tertiary/aromatic N) is 1. The number of pyridine rings is 1. The Hall–Kier alpha value is -2.41. The third kappa shape index (κ3) is 2.62. The molecule has 0 aliphatic carbocycles. The van der Waals surface area contributed by atoms with E-state index in [9.17, 15) is 18.4 Å². The van der Waals surface area contributed by atoms with Gasteiger partial charge in [-0.15, -0.1) is 0 Å². The summed E-state index contributed by atoms with van der Waals surface area (Å²) in [5, 5.41) is 10.9. The molecule has 0 aliphatic rings. The lowest BCUT2D eigenvalue weighted by molar-refractivity contribution is -0.605. The Kier molecular flexibility index (Phi) is 3.71. The van der Waals surface area contributed by atoms with Crippen LogP contribution in [0.15, 0.2) is 58.6 Å². The van der Waals surface area contributed by atoms with Crippen molar-refractivity contribution < 1.29 is 22.7 Å². The van der Waals surface area contributed by atoms with Gasteiger partial charge in [0.25, 0.3) is 0 Å². The second-order valence-electron chi connectivity index (χ2n) is 3.91. The fourth-order valence-corrected chi connectivity index (χ4v) is 2.85. The monoisotopic (exact) mass is 293 g/mol. The zero-order valence-corrected chi connectivity index (χ0v) is 11.3. The molecule has 0 atom stereocenters. The number of esters is 1. The van der Waals surface area contributed by atoms with Crippen molar-refractivity contribution >= 4 is 15.8 Å². The Balaban J connectivity index is 2.40. The van der Waals surface area contributed by atoms with Gasteiger partial charge < -0.3 is 9.94 Å². The first kappa shape index (κ1) is 14.0. The highest BCUT2D eigenvalue weighted by atomic mass is 32.2. The Bertz CT molecular complexity index is 720. The maximum absolute atomic E-state index is 12.3. The summed E-state index contributed by atoms with van der Waals surface area (Å²) in [5.74, 6) is -0.541. The van der Waals surface area contributed by atoms with E-state index < -0.39 is 15.8 Å². The van der Waals surface area contributed by atoms with E-state index in [0.29, 0.717) is 4.73 Å². The lowest BCUT2D eigenvalue weighted by Crippen LogP contribution is -2.24. The van der Waals surface area contributed by atoms with Gasteiger partial charge in [-0.1, -0.05) is 0 Å². The number of hydrogen-bond acceptors (Lipinski definition) is 5. The Morgan fingerprint density at radius 1 is 1.05 bits per heavy atom. The van der Waals surface area contributed by atoms with Crippen LogP contribution in [0, 0.1) is 5.21 Å². The van der Waals surface area contributed by atoms with E-state index in [1.807, 2.05) is 0 Å². The number of ether oxygens (including phenoxy) is 1. The van der Waals surface area contributed by atoms with Crippen molar-refractivity contribution in [3.8, 4) is 0 Å². The Morgan fingerprint density at radius 3 is 2.05 bits per heavy atom. The summed E-state index contributed by atoms with van der Waals surface area (Å²) < 4.78 is 29.6. The summed E-state index contributed by atoms with van der Waals surface area (Å²) in [4.78, 5) is 11.3. The van der Waals surface area contributed by atoms with Crippen LogP contribution in [-0.4, -0.2) is 21.5 Å². The third-order valence-corrected chi connectivity index (χ3v) is 4.45. The molecule has 2 aromatic rings. The van der Waals surface area contributed by atoms with Crippen molar-refractivity contribution in [2.45, 2.75) is 9.79 Å². The normalized spacial score (nSPS) is 11.1. The van der Waals surface area contributed by atoms with E-state index in [2.05, 4.69) is 4.74 Å². The maximum Gasteiger partial charge on any atom is 0.337 e. The molecule has 0 saturated heterocycles. The number of sulfone groups is 1. The minimum atomic E-state index is -3.71. The second kappa shape index (κ2) is 5.30. The molecule has 0 saturated carbocycles. The van der Waals surface area contributed by atoms with Crippen LogP contribution < -0.4 is 4.73 Å². The van der Waals surface area contributed by atoms with Crippen LogP contribution in [0.2, 0.25) is 0 Å². The standard InChI is InChI=1S/C13H11NO5S/c1-19-13(15)10-2-4-11(5-3-10)20(17,18)12-6-8-14(16)9-7-12/h2-9H,1H3. The molecule has 0 aliphatic heterocycles. The van der Waals surface area contributed by atoms with Gasteiger partial charge in [0.1, 0.15) is 0 Å². The Morgan fingerprint density at radius 2 is 1.55 bits per heavy atom. The van der Waals surface area contributed by atoms with Gasteiger partial charge in [0.05, 0.1) is 22.5 Å². The van der Waals surface area contributed by atoms with Gasteiger partial charge in [-0.25, -0.2) is 13.2 Å². The number of methoxy groups -OCH3 is 1. The molecule has 0 N–H and O–H groups in total. The molecule has 20 heavy (non-hydrogen) atoms. The summed E-state index contributed by atoms with van der Waals surface area (Å²) in [5.41, 5.74) is 0.261. The molecular formula is C13H11NO5S. The molecule has 1 aromatic heterocycles. The zero-order chi connectivity index (χ0) is 14.8. The molecule has 1 aromatic carbocycles. The molecule has 7 heteroatoms. The highest BCUT2D eigenvalue weighted by Crippen LogP contribution is 2.20. The van der Waals surface area contributed by atoms with Gasteiger partial charge in [0.15, 0.2) is 12.4 Å².